The van der Waals surface area contributed by atoms with Crippen molar-refractivity contribution in [2.24, 2.45) is 5.92 Å². The van der Waals surface area contributed by atoms with Gasteiger partial charge in [-0.3, -0.25) is 0 Å². The fourth-order valence-corrected chi connectivity index (χ4v) is 2.38. The molecular formula is C19H25N. The van der Waals surface area contributed by atoms with E-state index in [2.05, 4.69) is 75.5 Å². The molecule has 20 heavy (non-hydrogen) atoms. The Morgan fingerprint density at radius 2 is 1.65 bits per heavy atom. The second-order valence-electron chi connectivity index (χ2n) is 6.08. The predicted octanol–water partition coefficient (Wildman–Crippen LogP) is 5.11. The van der Waals surface area contributed by atoms with E-state index in [1.807, 2.05) is 0 Å². The highest BCUT2D eigenvalue weighted by atomic mass is 14.9. The van der Waals surface area contributed by atoms with Crippen LogP contribution in [0, 0.1) is 19.8 Å². The number of hydrogen-bond acceptors (Lipinski definition) is 1. The van der Waals surface area contributed by atoms with E-state index >= 15 is 0 Å². The average Bonchev–Trinajstić information content (AvgIpc) is 2.40. The van der Waals surface area contributed by atoms with Crippen LogP contribution in [-0.4, -0.2) is 0 Å². The Morgan fingerprint density at radius 1 is 0.950 bits per heavy atom. The Balaban J connectivity index is 1.99. The van der Waals surface area contributed by atoms with Gasteiger partial charge in [0, 0.05) is 12.2 Å². The molecule has 0 saturated heterocycles. The largest absolute Gasteiger partial charge is 0.381 e. The minimum absolute atomic E-state index is 0.708. The minimum atomic E-state index is 0.708. The monoisotopic (exact) mass is 267 g/mol. The molecule has 0 spiro atoms. The second kappa shape index (κ2) is 6.60. The molecule has 0 aliphatic carbocycles. The van der Waals surface area contributed by atoms with Crippen molar-refractivity contribution < 1.29 is 0 Å². The van der Waals surface area contributed by atoms with Crippen LogP contribution in [-0.2, 0) is 13.0 Å². The quantitative estimate of drug-likeness (QED) is 0.793. The number of aryl methyl sites for hydroxylation is 2. The highest BCUT2D eigenvalue weighted by molar-refractivity contribution is 5.49. The molecule has 2 aromatic carbocycles. The Labute approximate surface area is 123 Å². The standard InChI is InChI=1S/C19H25N/c1-14(2)11-18-9-10-19(12-16(18)4)20-13-17-7-5-15(3)6-8-17/h5-10,12,14,20H,11,13H2,1-4H3. The van der Waals surface area contributed by atoms with Gasteiger partial charge < -0.3 is 5.32 Å². The van der Waals surface area contributed by atoms with Gasteiger partial charge in [-0.15, -0.1) is 0 Å². The van der Waals surface area contributed by atoms with Crippen LogP contribution in [0.5, 0.6) is 0 Å². The molecule has 1 N–H and O–H groups in total. The molecule has 0 bridgehead atoms. The fourth-order valence-electron chi connectivity index (χ4n) is 2.38. The molecule has 0 unspecified atom stereocenters. The summed E-state index contributed by atoms with van der Waals surface area (Å²) < 4.78 is 0. The molecule has 0 aliphatic heterocycles. The molecule has 2 rings (SSSR count). The van der Waals surface area contributed by atoms with Gasteiger partial charge in [0.25, 0.3) is 0 Å². The van der Waals surface area contributed by atoms with E-state index in [-0.39, 0.29) is 0 Å². The third-order valence-corrected chi connectivity index (χ3v) is 3.59. The molecule has 0 aliphatic rings. The first-order valence-electron chi connectivity index (χ1n) is 7.43. The normalized spacial score (nSPS) is 10.8. The molecule has 0 heterocycles. The van der Waals surface area contributed by atoms with Crippen molar-refractivity contribution in [3.63, 3.8) is 0 Å². The molecule has 0 atom stereocenters. The van der Waals surface area contributed by atoms with Crippen LogP contribution in [0.15, 0.2) is 42.5 Å². The lowest BCUT2D eigenvalue weighted by Gasteiger charge is -2.12. The zero-order valence-electron chi connectivity index (χ0n) is 13.0. The first-order chi connectivity index (χ1) is 9.54. The zero-order valence-corrected chi connectivity index (χ0v) is 13.0. The fraction of sp³-hybridized carbons (Fsp3) is 0.368. The molecule has 1 nitrogen and oxygen atoms in total. The van der Waals surface area contributed by atoms with Crippen LogP contribution in [0.2, 0.25) is 0 Å². The van der Waals surface area contributed by atoms with Crippen molar-refractivity contribution in [1.29, 1.82) is 0 Å². The van der Waals surface area contributed by atoms with Crippen LogP contribution in [0.25, 0.3) is 0 Å². The summed E-state index contributed by atoms with van der Waals surface area (Å²) in [5.41, 5.74) is 6.67. The first-order valence-corrected chi connectivity index (χ1v) is 7.43. The molecule has 0 radical (unpaired) electrons. The first kappa shape index (κ1) is 14.6. The second-order valence-corrected chi connectivity index (χ2v) is 6.08. The van der Waals surface area contributed by atoms with Crippen molar-refractivity contribution in [3.05, 3.63) is 64.7 Å². The molecule has 0 saturated carbocycles. The predicted molar refractivity (Wildman–Crippen MR) is 88.2 cm³/mol. The highest BCUT2D eigenvalue weighted by Gasteiger charge is 2.03. The maximum Gasteiger partial charge on any atom is 0.0400 e. The molecule has 0 amide bonds. The Hall–Kier alpha value is -1.76. The van der Waals surface area contributed by atoms with Gasteiger partial charge in [-0.1, -0.05) is 49.7 Å². The van der Waals surface area contributed by atoms with E-state index in [9.17, 15) is 0 Å². The maximum absolute atomic E-state index is 3.50. The van der Waals surface area contributed by atoms with Gasteiger partial charge >= 0.3 is 0 Å². The molecular weight excluding hydrogens is 242 g/mol. The van der Waals surface area contributed by atoms with Crippen LogP contribution >= 0.6 is 0 Å². The Morgan fingerprint density at radius 3 is 2.25 bits per heavy atom. The number of anilines is 1. The van der Waals surface area contributed by atoms with Gasteiger partial charge in [-0.2, -0.15) is 0 Å². The number of hydrogen-bond donors (Lipinski definition) is 1. The van der Waals surface area contributed by atoms with Crippen molar-refractivity contribution in [2.45, 2.75) is 40.7 Å². The third kappa shape index (κ3) is 4.12. The van der Waals surface area contributed by atoms with Gasteiger partial charge in [0.2, 0.25) is 0 Å². The van der Waals surface area contributed by atoms with E-state index in [4.69, 9.17) is 0 Å². The van der Waals surface area contributed by atoms with Crippen LogP contribution in [0.4, 0.5) is 5.69 Å². The molecule has 0 aromatic heterocycles. The van der Waals surface area contributed by atoms with Crippen LogP contribution in [0.3, 0.4) is 0 Å². The van der Waals surface area contributed by atoms with Crippen LogP contribution in [0.1, 0.15) is 36.1 Å². The van der Waals surface area contributed by atoms with Crippen molar-refractivity contribution in [2.75, 3.05) is 5.32 Å². The SMILES string of the molecule is Cc1ccc(CNc2ccc(CC(C)C)c(C)c2)cc1. The molecule has 106 valence electrons. The van der Waals surface area contributed by atoms with Crippen molar-refractivity contribution >= 4 is 5.69 Å². The summed E-state index contributed by atoms with van der Waals surface area (Å²) in [6, 6.07) is 15.4. The summed E-state index contributed by atoms with van der Waals surface area (Å²) in [6.07, 6.45) is 1.16. The number of benzene rings is 2. The smallest absolute Gasteiger partial charge is 0.0400 e. The summed E-state index contributed by atoms with van der Waals surface area (Å²) >= 11 is 0. The highest BCUT2D eigenvalue weighted by Crippen LogP contribution is 2.19. The number of rotatable bonds is 5. The molecule has 0 fully saturated rings. The van der Waals surface area contributed by atoms with Gasteiger partial charge in [0.1, 0.15) is 0 Å². The maximum atomic E-state index is 3.50. The van der Waals surface area contributed by atoms with E-state index in [0.29, 0.717) is 5.92 Å². The van der Waals surface area contributed by atoms with E-state index in [1.165, 1.54) is 27.9 Å². The minimum Gasteiger partial charge on any atom is -0.381 e. The summed E-state index contributed by atoms with van der Waals surface area (Å²) in [5.74, 6) is 0.708. The van der Waals surface area contributed by atoms with Gasteiger partial charge in [-0.25, -0.2) is 0 Å². The lowest BCUT2D eigenvalue weighted by molar-refractivity contribution is 0.645. The lowest BCUT2D eigenvalue weighted by atomic mass is 9.98. The van der Waals surface area contributed by atoms with Gasteiger partial charge in [0.15, 0.2) is 0 Å². The van der Waals surface area contributed by atoms with Crippen LogP contribution < -0.4 is 5.32 Å². The number of nitrogens with one attached hydrogen (secondary N) is 1. The summed E-state index contributed by atoms with van der Waals surface area (Å²) in [4.78, 5) is 0. The third-order valence-electron chi connectivity index (χ3n) is 3.59. The topological polar surface area (TPSA) is 12.0 Å². The lowest BCUT2D eigenvalue weighted by Crippen LogP contribution is -2.01. The molecule has 2 aromatic rings. The van der Waals surface area contributed by atoms with Gasteiger partial charge in [-0.05, 0) is 55.0 Å². The van der Waals surface area contributed by atoms with Gasteiger partial charge in [0.05, 0.1) is 0 Å². The Bertz CT molecular complexity index is 552. The summed E-state index contributed by atoms with van der Waals surface area (Å²) in [7, 11) is 0. The summed E-state index contributed by atoms with van der Waals surface area (Å²) in [6.45, 7) is 9.73. The van der Waals surface area contributed by atoms with E-state index in [1.54, 1.807) is 0 Å². The Kier molecular flexibility index (Phi) is 4.84. The van der Waals surface area contributed by atoms with Crippen molar-refractivity contribution in [1.82, 2.24) is 0 Å². The van der Waals surface area contributed by atoms with E-state index < -0.39 is 0 Å². The van der Waals surface area contributed by atoms with E-state index in [0.717, 1.165) is 13.0 Å². The average molecular weight is 267 g/mol. The summed E-state index contributed by atoms with van der Waals surface area (Å²) in [5, 5.41) is 3.50. The van der Waals surface area contributed by atoms with Crippen molar-refractivity contribution in [3.8, 4) is 0 Å². The zero-order chi connectivity index (χ0) is 14.5. The molecule has 1 heteroatoms.